The van der Waals surface area contributed by atoms with E-state index in [1.165, 1.54) is 27.9 Å². The van der Waals surface area contributed by atoms with Gasteiger partial charge in [-0.15, -0.1) is 0 Å². The average molecular weight is 359 g/mol. The Kier molecular flexibility index (Phi) is 4.59. The molecule has 2 heterocycles. The van der Waals surface area contributed by atoms with Gasteiger partial charge in [0.25, 0.3) is 11.5 Å². The van der Waals surface area contributed by atoms with E-state index in [1.54, 1.807) is 4.90 Å². The van der Waals surface area contributed by atoms with Crippen LogP contribution in [0.1, 0.15) is 33.6 Å². The van der Waals surface area contributed by atoms with E-state index in [9.17, 15) is 9.59 Å². The highest BCUT2D eigenvalue weighted by atomic mass is 16.2. The van der Waals surface area contributed by atoms with Crippen molar-refractivity contribution in [2.24, 2.45) is 0 Å². The van der Waals surface area contributed by atoms with Gasteiger partial charge in [-0.25, -0.2) is 4.68 Å². The zero-order chi connectivity index (χ0) is 18.8. The van der Waals surface area contributed by atoms with Gasteiger partial charge in [0.2, 0.25) is 0 Å². The fraction of sp³-hybridized carbons (Fsp3) is 0.227. The minimum absolute atomic E-state index is 0.165. The van der Waals surface area contributed by atoms with Crippen LogP contribution >= 0.6 is 0 Å². The zero-order valence-corrected chi connectivity index (χ0v) is 15.3. The number of rotatable bonds is 3. The quantitative estimate of drug-likeness (QED) is 0.722. The number of benzene rings is 2. The molecule has 0 aliphatic carbocycles. The summed E-state index contributed by atoms with van der Waals surface area (Å²) in [5.74, 6) is -0.165. The lowest BCUT2D eigenvalue weighted by Crippen LogP contribution is -2.37. The second-order valence-corrected chi connectivity index (χ2v) is 6.89. The molecule has 0 spiro atoms. The Balaban J connectivity index is 1.65. The van der Waals surface area contributed by atoms with Gasteiger partial charge in [-0.05, 0) is 43.0 Å². The summed E-state index contributed by atoms with van der Waals surface area (Å²) >= 11 is 0. The number of hydrogen-bond donors (Lipinski definition) is 0. The number of hydrogen-bond acceptors (Lipinski definition) is 3. The van der Waals surface area contributed by atoms with Crippen LogP contribution in [0.5, 0.6) is 0 Å². The molecule has 0 N–H and O–H groups in total. The molecular weight excluding hydrogens is 338 g/mol. The molecule has 0 bridgehead atoms. The first-order valence-electron chi connectivity index (χ1n) is 9.15. The molecular formula is C22H21N3O2. The first kappa shape index (κ1) is 17.2. The Morgan fingerprint density at radius 2 is 1.89 bits per heavy atom. The van der Waals surface area contributed by atoms with Gasteiger partial charge in [0.15, 0.2) is 0 Å². The van der Waals surface area contributed by atoms with Crippen molar-refractivity contribution in [3.05, 3.63) is 93.4 Å². The van der Waals surface area contributed by atoms with Crippen LogP contribution in [0, 0.1) is 6.92 Å². The molecule has 0 saturated heterocycles. The Labute approximate surface area is 157 Å². The SMILES string of the molecule is Cc1ccc2c(c1)CCCN2C(=O)c1ccc(=O)n(Cc2ccccc2)n1. The molecule has 0 radical (unpaired) electrons. The van der Waals surface area contributed by atoms with Gasteiger partial charge >= 0.3 is 0 Å². The van der Waals surface area contributed by atoms with Crippen molar-refractivity contribution in [3.63, 3.8) is 0 Å². The first-order chi connectivity index (χ1) is 13.1. The van der Waals surface area contributed by atoms with Crippen molar-refractivity contribution in [1.29, 1.82) is 0 Å². The Morgan fingerprint density at radius 1 is 1.07 bits per heavy atom. The molecule has 5 heteroatoms. The van der Waals surface area contributed by atoms with Crippen LogP contribution in [-0.2, 0) is 13.0 Å². The van der Waals surface area contributed by atoms with Gasteiger partial charge in [0.05, 0.1) is 6.54 Å². The molecule has 1 amide bonds. The van der Waals surface area contributed by atoms with Crippen molar-refractivity contribution in [3.8, 4) is 0 Å². The highest BCUT2D eigenvalue weighted by Gasteiger charge is 2.25. The predicted octanol–water partition coefficient (Wildman–Crippen LogP) is 3.19. The molecule has 0 atom stereocenters. The molecule has 1 aliphatic heterocycles. The maximum absolute atomic E-state index is 13.1. The second kappa shape index (κ2) is 7.19. The third-order valence-electron chi connectivity index (χ3n) is 4.86. The molecule has 1 aromatic heterocycles. The molecule has 136 valence electrons. The van der Waals surface area contributed by atoms with E-state index in [1.807, 2.05) is 42.5 Å². The van der Waals surface area contributed by atoms with E-state index < -0.39 is 0 Å². The van der Waals surface area contributed by atoms with Gasteiger partial charge in [0, 0.05) is 18.3 Å². The van der Waals surface area contributed by atoms with E-state index in [-0.39, 0.29) is 11.5 Å². The Morgan fingerprint density at radius 3 is 2.70 bits per heavy atom. The topological polar surface area (TPSA) is 55.2 Å². The number of carbonyl (C=O) groups excluding carboxylic acids is 1. The van der Waals surface area contributed by atoms with Crippen molar-refractivity contribution in [2.75, 3.05) is 11.4 Å². The van der Waals surface area contributed by atoms with E-state index in [0.29, 0.717) is 18.8 Å². The summed E-state index contributed by atoms with van der Waals surface area (Å²) in [7, 11) is 0. The number of aryl methyl sites for hydroxylation is 2. The van der Waals surface area contributed by atoms with Crippen LogP contribution in [0.25, 0.3) is 0 Å². The van der Waals surface area contributed by atoms with Crippen molar-refractivity contribution in [2.45, 2.75) is 26.3 Å². The fourth-order valence-corrected chi connectivity index (χ4v) is 3.51. The number of anilines is 1. The molecule has 0 fully saturated rings. The van der Waals surface area contributed by atoms with Gasteiger partial charge < -0.3 is 4.90 Å². The van der Waals surface area contributed by atoms with Gasteiger partial charge in [-0.3, -0.25) is 9.59 Å². The fourth-order valence-electron chi connectivity index (χ4n) is 3.51. The summed E-state index contributed by atoms with van der Waals surface area (Å²) in [4.78, 5) is 27.1. The van der Waals surface area contributed by atoms with Crippen molar-refractivity contribution in [1.82, 2.24) is 9.78 Å². The largest absolute Gasteiger partial charge is 0.307 e. The summed E-state index contributed by atoms with van der Waals surface area (Å²) in [6.07, 6.45) is 1.90. The number of carbonyl (C=O) groups is 1. The number of fused-ring (bicyclic) bond motifs is 1. The molecule has 0 unspecified atom stereocenters. The highest BCUT2D eigenvalue weighted by Crippen LogP contribution is 2.28. The summed E-state index contributed by atoms with van der Waals surface area (Å²) in [6.45, 7) is 3.06. The maximum Gasteiger partial charge on any atom is 0.278 e. The van der Waals surface area contributed by atoms with E-state index >= 15 is 0 Å². The molecule has 1 aliphatic rings. The third-order valence-corrected chi connectivity index (χ3v) is 4.86. The van der Waals surface area contributed by atoms with Gasteiger partial charge in [0.1, 0.15) is 5.69 Å². The normalized spacial score (nSPS) is 13.3. The third kappa shape index (κ3) is 3.53. The van der Waals surface area contributed by atoms with Crippen LogP contribution in [-0.4, -0.2) is 22.2 Å². The lowest BCUT2D eigenvalue weighted by atomic mass is 9.99. The van der Waals surface area contributed by atoms with Gasteiger partial charge in [-0.2, -0.15) is 5.10 Å². The van der Waals surface area contributed by atoms with Crippen LogP contribution in [0.2, 0.25) is 0 Å². The smallest absolute Gasteiger partial charge is 0.278 e. The second-order valence-electron chi connectivity index (χ2n) is 6.89. The number of aromatic nitrogens is 2. The van der Waals surface area contributed by atoms with Crippen LogP contribution < -0.4 is 10.5 Å². The molecule has 27 heavy (non-hydrogen) atoms. The standard InChI is InChI=1S/C22H21N3O2/c1-16-9-11-20-18(14-16)8-5-13-24(20)22(27)19-10-12-21(26)25(23-19)15-17-6-3-2-4-7-17/h2-4,6-7,9-12,14H,5,8,13,15H2,1H3. The molecule has 0 saturated carbocycles. The van der Waals surface area contributed by atoms with Crippen LogP contribution in [0.3, 0.4) is 0 Å². The summed E-state index contributed by atoms with van der Waals surface area (Å²) in [5.41, 5.74) is 4.36. The molecule has 5 nitrogen and oxygen atoms in total. The highest BCUT2D eigenvalue weighted by molar-refractivity contribution is 6.05. The summed E-state index contributed by atoms with van der Waals surface area (Å²) in [5, 5.41) is 4.35. The van der Waals surface area contributed by atoms with Crippen LogP contribution in [0.4, 0.5) is 5.69 Å². The van der Waals surface area contributed by atoms with Crippen molar-refractivity contribution < 1.29 is 4.79 Å². The summed E-state index contributed by atoms with van der Waals surface area (Å²) in [6, 6.07) is 18.7. The monoisotopic (exact) mass is 359 g/mol. The number of amides is 1. The first-order valence-corrected chi connectivity index (χ1v) is 9.15. The lowest BCUT2D eigenvalue weighted by Gasteiger charge is -2.29. The van der Waals surface area contributed by atoms with Crippen molar-refractivity contribution >= 4 is 11.6 Å². The average Bonchev–Trinajstić information content (AvgIpc) is 2.69. The lowest BCUT2D eigenvalue weighted by molar-refractivity contribution is 0.0978. The number of nitrogens with zero attached hydrogens (tertiary/aromatic N) is 3. The van der Waals surface area contributed by atoms with Gasteiger partial charge in [-0.1, -0.05) is 48.0 Å². The Bertz CT molecular complexity index is 1040. The van der Waals surface area contributed by atoms with Crippen LogP contribution in [0.15, 0.2) is 65.5 Å². The molecule has 4 rings (SSSR count). The Hall–Kier alpha value is -3.21. The van der Waals surface area contributed by atoms with E-state index in [0.717, 1.165) is 24.1 Å². The molecule has 3 aromatic rings. The summed E-state index contributed by atoms with van der Waals surface area (Å²) < 4.78 is 1.35. The predicted molar refractivity (Wildman–Crippen MR) is 105 cm³/mol. The minimum atomic E-state index is -0.218. The van der Waals surface area contributed by atoms with E-state index in [2.05, 4.69) is 18.1 Å². The molecule has 2 aromatic carbocycles. The van der Waals surface area contributed by atoms with E-state index in [4.69, 9.17) is 0 Å². The minimum Gasteiger partial charge on any atom is -0.307 e. The maximum atomic E-state index is 13.1. The zero-order valence-electron chi connectivity index (χ0n) is 15.3.